The Balaban J connectivity index is 2.19. The quantitative estimate of drug-likeness (QED) is 0.764. The third-order valence-corrected chi connectivity index (χ3v) is 4.04. The largest absolute Gasteiger partial charge is 0.275 e. The smallest absolute Gasteiger partial charge is 0.0952 e. The van der Waals surface area contributed by atoms with Crippen molar-refractivity contribution in [2.45, 2.75) is 34.1 Å². The number of benzene rings is 1. The van der Waals surface area contributed by atoms with Crippen molar-refractivity contribution in [1.29, 1.82) is 0 Å². The summed E-state index contributed by atoms with van der Waals surface area (Å²) in [5.74, 6) is 0. The average Bonchev–Trinajstić information content (AvgIpc) is 2.72. The summed E-state index contributed by atoms with van der Waals surface area (Å²) in [4.78, 5) is 4.83. The van der Waals surface area contributed by atoms with Crippen molar-refractivity contribution in [2.24, 2.45) is 12.0 Å². The van der Waals surface area contributed by atoms with E-state index in [1.165, 1.54) is 27.7 Å². The molecule has 1 aromatic heterocycles. The molecule has 0 atom stereocenters. The molecule has 0 aliphatic carbocycles. The van der Waals surface area contributed by atoms with Crippen LogP contribution in [-0.2, 0) is 7.05 Å². The van der Waals surface area contributed by atoms with Gasteiger partial charge in [0.2, 0.25) is 0 Å². The lowest BCUT2D eigenvalue weighted by Gasteiger charge is -2.05. The summed E-state index contributed by atoms with van der Waals surface area (Å²) in [5.41, 5.74) is 8.31. The lowest BCUT2D eigenvalue weighted by Crippen LogP contribution is -1.98. The van der Waals surface area contributed by atoms with Crippen LogP contribution < -0.4 is 0 Å². The van der Waals surface area contributed by atoms with Crippen LogP contribution in [0.3, 0.4) is 0 Å². The van der Waals surface area contributed by atoms with Gasteiger partial charge in [-0.15, -0.1) is 0 Å². The minimum absolute atomic E-state index is 1.01. The van der Waals surface area contributed by atoms with Crippen LogP contribution in [0.15, 0.2) is 46.2 Å². The summed E-state index contributed by atoms with van der Waals surface area (Å²) in [6.07, 6.45) is 5.28. The molecule has 3 heteroatoms. The summed E-state index contributed by atoms with van der Waals surface area (Å²) < 4.78 is 1.87. The number of rotatable bonds is 1. The minimum Gasteiger partial charge on any atom is -0.275 e. The number of hydrogen-bond acceptors (Lipinski definition) is 2. The van der Waals surface area contributed by atoms with E-state index in [-0.39, 0.29) is 0 Å². The predicted molar refractivity (Wildman–Crippen MR) is 88.7 cm³/mol. The van der Waals surface area contributed by atoms with Gasteiger partial charge in [-0.05, 0) is 63.5 Å². The Kier molecular flexibility index (Phi) is 3.28. The highest BCUT2D eigenvalue weighted by atomic mass is 15.2. The molecular weight excluding hydrogens is 258 g/mol. The molecule has 2 heterocycles. The second-order valence-corrected chi connectivity index (χ2v) is 6.06. The molecule has 21 heavy (non-hydrogen) atoms. The molecule has 0 unspecified atom stereocenters. The van der Waals surface area contributed by atoms with Crippen molar-refractivity contribution in [3.8, 4) is 0 Å². The predicted octanol–water partition coefficient (Wildman–Crippen LogP) is 4.31. The third kappa shape index (κ3) is 2.56. The lowest BCUT2D eigenvalue weighted by molar-refractivity contribution is 0.779. The maximum absolute atomic E-state index is 4.83. The van der Waals surface area contributed by atoms with E-state index < -0.39 is 0 Å². The van der Waals surface area contributed by atoms with Crippen LogP contribution in [0.1, 0.15) is 38.3 Å². The first kappa shape index (κ1) is 13.8. The zero-order valence-electron chi connectivity index (χ0n) is 13.4. The Hall–Kier alpha value is -2.16. The van der Waals surface area contributed by atoms with Crippen LogP contribution in [0.5, 0.6) is 0 Å². The first-order valence-corrected chi connectivity index (χ1v) is 7.30. The monoisotopic (exact) mass is 279 g/mol. The second kappa shape index (κ2) is 4.99. The molecule has 0 saturated carbocycles. The fraction of sp³-hybridized carbons (Fsp3) is 0.333. The molecule has 108 valence electrons. The molecule has 0 bridgehead atoms. The van der Waals surface area contributed by atoms with Crippen molar-refractivity contribution in [3.63, 3.8) is 0 Å². The van der Waals surface area contributed by atoms with Gasteiger partial charge in [0, 0.05) is 29.9 Å². The van der Waals surface area contributed by atoms with Crippen LogP contribution >= 0.6 is 0 Å². The SMILES string of the molecule is CC1=CC(c2cc(C)c3nn(C)cc3c2)=NC(C)=C(C)C1. The van der Waals surface area contributed by atoms with E-state index in [9.17, 15) is 0 Å². The number of aliphatic imine (C=N–C) groups is 1. The Morgan fingerprint density at radius 2 is 1.86 bits per heavy atom. The van der Waals surface area contributed by atoms with Gasteiger partial charge < -0.3 is 0 Å². The van der Waals surface area contributed by atoms with Crippen molar-refractivity contribution < 1.29 is 0 Å². The summed E-state index contributed by atoms with van der Waals surface area (Å²) >= 11 is 0. The summed E-state index contributed by atoms with van der Waals surface area (Å²) in [6.45, 7) is 8.54. The molecule has 0 radical (unpaired) electrons. The first-order valence-electron chi connectivity index (χ1n) is 7.30. The van der Waals surface area contributed by atoms with E-state index >= 15 is 0 Å². The summed E-state index contributed by atoms with van der Waals surface area (Å²) in [6, 6.07) is 4.37. The highest BCUT2D eigenvalue weighted by molar-refractivity contribution is 6.11. The van der Waals surface area contributed by atoms with E-state index in [0.29, 0.717) is 0 Å². The van der Waals surface area contributed by atoms with Gasteiger partial charge in [0.1, 0.15) is 0 Å². The number of allylic oxidation sites excluding steroid dienone is 4. The van der Waals surface area contributed by atoms with Crippen molar-refractivity contribution >= 4 is 16.6 Å². The molecule has 0 fully saturated rings. The first-order chi connectivity index (χ1) is 9.94. The molecule has 1 aliphatic rings. The molecule has 2 aromatic rings. The maximum Gasteiger partial charge on any atom is 0.0952 e. The van der Waals surface area contributed by atoms with E-state index in [1.54, 1.807) is 0 Å². The molecular formula is C18H21N3. The van der Waals surface area contributed by atoms with Gasteiger partial charge in [-0.2, -0.15) is 5.10 Å². The number of aromatic nitrogens is 2. The number of nitrogens with zero attached hydrogens (tertiary/aromatic N) is 3. The van der Waals surface area contributed by atoms with Crippen LogP contribution in [0.25, 0.3) is 10.9 Å². The van der Waals surface area contributed by atoms with Crippen LogP contribution in [0.2, 0.25) is 0 Å². The highest BCUT2D eigenvalue weighted by Crippen LogP contribution is 2.24. The zero-order chi connectivity index (χ0) is 15.1. The molecule has 0 spiro atoms. The summed E-state index contributed by atoms with van der Waals surface area (Å²) in [5, 5.41) is 5.68. The van der Waals surface area contributed by atoms with Gasteiger partial charge in [0.25, 0.3) is 0 Å². The van der Waals surface area contributed by atoms with E-state index in [0.717, 1.165) is 23.3 Å². The fourth-order valence-electron chi connectivity index (χ4n) is 2.86. The second-order valence-electron chi connectivity index (χ2n) is 6.06. The van der Waals surface area contributed by atoms with Gasteiger partial charge in [0.15, 0.2) is 0 Å². The zero-order valence-corrected chi connectivity index (χ0v) is 13.4. The van der Waals surface area contributed by atoms with Gasteiger partial charge in [-0.3, -0.25) is 9.67 Å². The molecule has 0 amide bonds. The molecule has 1 aliphatic heterocycles. The normalized spacial score (nSPS) is 16.0. The standard InChI is InChI=1S/C18H21N3/c1-11-6-12(2)14(4)19-17(7-11)15-8-13(3)18-16(9-15)10-21(5)20-18/h7-10H,6H2,1-5H3. The van der Waals surface area contributed by atoms with Crippen LogP contribution in [0.4, 0.5) is 0 Å². The number of fused-ring (bicyclic) bond motifs is 1. The molecule has 3 rings (SSSR count). The van der Waals surface area contributed by atoms with Crippen LogP contribution in [0, 0.1) is 6.92 Å². The van der Waals surface area contributed by atoms with E-state index in [2.05, 4.69) is 57.2 Å². The average molecular weight is 279 g/mol. The minimum atomic E-state index is 1.01. The highest BCUT2D eigenvalue weighted by Gasteiger charge is 2.11. The Morgan fingerprint density at radius 3 is 2.62 bits per heavy atom. The molecule has 1 aromatic carbocycles. The Morgan fingerprint density at radius 1 is 1.10 bits per heavy atom. The van der Waals surface area contributed by atoms with Crippen molar-refractivity contribution in [1.82, 2.24) is 9.78 Å². The lowest BCUT2D eigenvalue weighted by atomic mass is 10.0. The molecule has 0 N–H and O–H groups in total. The molecule has 0 saturated heterocycles. The van der Waals surface area contributed by atoms with Gasteiger partial charge in [-0.25, -0.2) is 0 Å². The fourth-order valence-corrected chi connectivity index (χ4v) is 2.86. The topological polar surface area (TPSA) is 30.2 Å². The van der Waals surface area contributed by atoms with Gasteiger partial charge in [0.05, 0.1) is 11.2 Å². The van der Waals surface area contributed by atoms with Crippen LogP contribution in [-0.4, -0.2) is 15.5 Å². The third-order valence-electron chi connectivity index (χ3n) is 4.04. The van der Waals surface area contributed by atoms with Crippen molar-refractivity contribution in [2.75, 3.05) is 0 Å². The van der Waals surface area contributed by atoms with Crippen molar-refractivity contribution in [3.05, 3.63) is 52.4 Å². The summed E-state index contributed by atoms with van der Waals surface area (Å²) in [7, 11) is 1.96. The van der Waals surface area contributed by atoms with Gasteiger partial charge in [-0.1, -0.05) is 5.57 Å². The molecule has 3 nitrogen and oxygen atoms in total. The van der Waals surface area contributed by atoms with E-state index in [1.807, 2.05) is 11.7 Å². The number of aryl methyl sites for hydroxylation is 2. The Bertz CT molecular complexity index is 816. The van der Waals surface area contributed by atoms with E-state index in [4.69, 9.17) is 4.99 Å². The Labute approximate surface area is 125 Å². The van der Waals surface area contributed by atoms with Gasteiger partial charge >= 0.3 is 0 Å². The number of hydrogen-bond donors (Lipinski definition) is 0. The maximum atomic E-state index is 4.83.